The van der Waals surface area contributed by atoms with Crippen LogP contribution in [-0.4, -0.2) is 19.1 Å². The second-order valence-electron chi connectivity index (χ2n) is 3.34. The van der Waals surface area contributed by atoms with E-state index in [1.54, 1.807) is 0 Å². The van der Waals surface area contributed by atoms with Gasteiger partial charge in [-0.05, 0) is 0 Å². The highest BCUT2D eigenvalue weighted by Gasteiger charge is 2.10. The summed E-state index contributed by atoms with van der Waals surface area (Å²) in [7, 11) is 2.71. The molecule has 0 saturated heterocycles. The van der Waals surface area contributed by atoms with Gasteiger partial charge < -0.3 is 4.98 Å². The summed E-state index contributed by atoms with van der Waals surface area (Å²) in [5.74, 6) is 0. The van der Waals surface area contributed by atoms with Gasteiger partial charge in [-0.3, -0.25) is 28.5 Å². The third-order valence-corrected chi connectivity index (χ3v) is 2.35. The van der Waals surface area contributed by atoms with Crippen molar-refractivity contribution in [3.05, 3.63) is 41.5 Å². The van der Waals surface area contributed by atoms with Crippen LogP contribution in [0.1, 0.15) is 0 Å². The van der Waals surface area contributed by atoms with E-state index in [9.17, 15) is 19.2 Å². The van der Waals surface area contributed by atoms with Crippen molar-refractivity contribution in [3.8, 4) is 0 Å². The maximum absolute atomic E-state index is 11.4. The van der Waals surface area contributed by atoms with E-state index in [2.05, 4.69) is 4.98 Å². The molecule has 0 aliphatic heterocycles. The molecule has 0 unspecified atom stereocenters. The van der Waals surface area contributed by atoms with Crippen molar-refractivity contribution in [2.24, 2.45) is 14.1 Å². The van der Waals surface area contributed by atoms with Gasteiger partial charge in [0.15, 0.2) is 0 Å². The summed E-state index contributed by atoms with van der Waals surface area (Å²) in [6.45, 7) is 0. The third kappa shape index (κ3) is 1.16. The average molecular weight is 224 g/mol. The molecular weight excluding hydrogens is 216 g/mol. The molecule has 0 atom stereocenters. The highest BCUT2D eigenvalue weighted by molar-refractivity contribution is 5.68. The molecule has 0 amide bonds. The molecule has 16 heavy (non-hydrogen) atoms. The first-order chi connectivity index (χ1) is 7.43. The first-order valence-corrected chi connectivity index (χ1v) is 4.36. The van der Waals surface area contributed by atoms with Crippen LogP contribution in [0.2, 0.25) is 0 Å². The number of fused-ring (bicyclic) bond motifs is 1. The van der Waals surface area contributed by atoms with Crippen LogP contribution in [-0.2, 0) is 14.1 Å². The van der Waals surface area contributed by atoms with Gasteiger partial charge in [0.25, 0.3) is 5.56 Å². The number of aryl methyl sites for hydroxylation is 2. The van der Waals surface area contributed by atoms with Crippen LogP contribution in [0.25, 0.3) is 11.2 Å². The molecule has 0 aliphatic rings. The highest BCUT2D eigenvalue weighted by atomic mass is 16.2. The fourth-order valence-corrected chi connectivity index (χ4v) is 1.53. The van der Waals surface area contributed by atoms with E-state index >= 15 is 0 Å². The smallest absolute Gasteiger partial charge is 0.310 e. The number of nitrogens with one attached hydrogen (secondary N) is 2. The molecule has 8 nitrogen and oxygen atoms in total. The maximum Gasteiger partial charge on any atom is 0.329 e. The lowest BCUT2D eigenvalue weighted by atomic mass is 10.5. The summed E-state index contributed by atoms with van der Waals surface area (Å²) >= 11 is 0. The lowest BCUT2D eigenvalue weighted by Crippen LogP contribution is -2.40. The zero-order chi connectivity index (χ0) is 12.0. The molecule has 0 aromatic carbocycles. The van der Waals surface area contributed by atoms with E-state index in [1.807, 2.05) is 4.98 Å². The number of rotatable bonds is 0. The van der Waals surface area contributed by atoms with Crippen LogP contribution < -0.4 is 22.4 Å². The standard InChI is InChI=1S/C8H8N4O4/c1-11-6-3(9-5(14)7(11)15)4(13)10-8(16)12(6)2/h1-2H3,(H,9,14)(H,10,13,16). The van der Waals surface area contributed by atoms with Crippen molar-refractivity contribution in [1.29, 1.82) is 0 Å². The Balaban J connectivity index is 3.35. The van der Waals surface area contributed by atoms with E-state index in [4.69, 9.17) is 0 Å². The van der Waals surface area contributed by atoms with Crippen molar-refractivity contribution in [1.82, 2.24) is 19.1 Å². The Morgan fingerprint density at radius 1 is 0.875 bits per heavy atom. The largest absolute Gasteiger partial charge is 0.329 e. The van der Waals surface area contributed by atoms with Crippen molar-refractivity contribution < 1.29 is 0 Å². The van der Waals surface area contributed by atoms with Gasteiger partial charge in [0, 0.05) is 14.1 Å². The quantitative estimate of drug-likeness (QED) is 0.486. The van der Waals surface area contributed by atoms with Crippen molar-refractivity contribution in [3.63, 3.8) is 0 Å². The molecule has 0 spiro atoms. The van der Waals surface area contributed by atoms with E-state index in [0.29, 0.717) is 0 Å². The van der Waals surface area contributed by atoms with Crippen molar-refractivity contribution in [2.75, 3.05) is 0 Å². The predicted octanol–water partition coefficient (Wildman–Crippen LogP) is -2.39. The lowest BCUT2D eigenvalue weighted by molar-refractivity contribution is 0.757. The van der Waals surface area contributed by atoms with Gasteiger partial charge in [-0.1, -0.05) is 0 Å². The van der Waals surface area contributed by atoms with Crippen LogP contribution in [0, 0.1) is 0 Å². The molecule has 0 bridgehead atoms. The van der Waals surface area contributed by atoms with Crippen LogP contribution >= 0.6 is 0 Å². The van der Waals surface area contributed by atoms with Gasteiger partial charge in [-0.15, -0.1) is 0 Å². The molecule has 0 saturated carbocycles. The fourth-order valence-electron chi connectivity index (χ4n) is 1.53. The average Bonchev–Trinajstić information content (AvgIpc) is 2.22. The molecule has 2 N–H and O–H groups in total. The van der Waals surface area contributed by atoms with Gasteiger partial charge in [-0.2, -0.15) is 0 Å². The van der Waals surface area contributed by atoms with E-state index in [1.165, 1.54) is 14.1 Å². The van der Waals surface area contributed by atoms with Crippen molar-refractivity contribution in [2.45, 2.75) is 0 Å². The summed E-state index contributed by atoms with van der Waals surface area (Å²) in [4.78, 5) is 49.4. The molecule has 0 fully saturated rings. The van der Waals surface area contributed by atoms with Crippen molar-refractivity contribution >= 4 is 11.2 Å². The van der Waals surface area contributed by atoms with Gasteiger partial charge in [-0.25, -0.2) is 4.79 Å². The molecule has 2 heterocycles. The number of aromatic nitrogens is 4. The molecule has 0 radical (unpaired) electrons. The van der Waals surface area contributed by atoms with E-state index in [-0.39, 0.29) is 11.2 Å². The topological polar surface area (TPSA) is 110 Å². The minimum atomic E-state index is -0.904. The lowest BCUT2D eigenvalue weighted by Gasteiger charge is -2.06. The second-order valence-corrected chi connectivity index (χ2v) is 3.34. The summed E-state index contributed by atoms with van der Waals surface area (Å²) in [6.07, 6.45) is 0. The monoisotopic (exact) mass is 224 g/mol. The summed E-state index contributed by atoms with van der Waals surface area (Å²) in [5, 5.41) is 0. The zero-order valence-corrected chi connectivity index (χ0v) is 8.53. The van der Waals surface area contributed by atoms with Crippen LogP contribution in [0.4, 0.5) is 0 Å². The van der Waals surface area contributed by atoms with E-state index in [0.717, 1.165) is 9.13 Å². The van der Waals surface area contributed by atoms with Gasteiger partial charge in [0.05, 0.1) is 0 Å². The Hall–Kier alpha value is -2.38. The number of nitrogens with zero attached hydrogens (tertiary/aromatic N) is 2. The molecule has 2 rings (SSSR count). The van der Waals surface area contributed by atoms with Gasteiger partial charge >= 0.3 is 16.8 Å². The minimum Gasteiger partial charge on any atom is -0.310 e. The third-order valence-electron chi connectivity index (χ3n) is 2.35. The van der Waals surface area contributed by atoms with Crippen LogP contribution in [0.5, 0.6) is 0 Å². The van der Waals surface area contributed by atoms with Gasteiger partial charge in [0.1, 0.15) is 11.2 Å². The fraction of sp³-hybridized carbons (Fsp3) is 0.250. The minimum absolute atomic E-state index is 0.0679. The Bertz CT molecular complexity index is 804. The van der Waals surface area contributed by atoms with Crippen LogP contribution in [0.15, 0.2) is 19.2 Å². The first-order valence-electron chi connectivity index (χ1n) is 4.36. The zero-order valence-electron chi connectivity index (χ0n) is 8.53. The van der Waals surface area contributed by atoms with Crippen LogP contribution in [0.3, 0.4) is 0 Å². The number of hydrogen-bond acceptors (Lipinski definition) is 4. The second kappa shape index (κ2) is 3.05. The number of hydrogen-bond donors (Lipinski definition) is 2. The predicted molar refractivity (Wildman–Crippen MR) is 55.7 cm³/mol. The molecule has 84 valence electrons. The summed E-state index contributed by atoms with van der Waals surface area (Å²) in [6, 6.07) is 0. The summed E-state index contributed by atoms with van der Waals surface area (Å²) < 4.78 is 2.04. The molecular formula is C8H8N4O4. The van der Waals surface area contributed by atoms with Gasteiger partial charge in [0.2, 0.25) is 0 Å². The Labute approximate surface area is 86.8 Å². The maximum atomic E-state index is 11.4. The molecule has 8 heteroatoms. The Morgan fingerprint density at radius 3 is 2.12 bits per heavy atom. The molecule has 2 aromatic rings. The normalized spacial score (nSPS) is 10.9. The highest BCUT2D eigenvalue weighted by Crippen LogP contribution is 1.95. The molecule has 2 aromatic heterocycles. The number of aromatic amines is 2. The first kappa shape index (κ1) is 10.1. The number of H-pyrrole nitrogens is 2. The summed E-state index contributed by atoms with van der Waals surface area (Å²) in [5.41, 5.74) is -3.15. The van der Waals surface area contributed by atoms with E-state index < -0.39 is 22.4 Å². The SMILES string of the molecule is Cn1c(=O)[nH]c(=O)c2[nH]c(=O)c(=O)n(C)c21. The Morgan fingerprint density at radius 2 is 1.50 bits per heavy atom. The molecule has 0 aliphatic carbocycles. The Kier molecular flexibility index (Phi) is 1.94.